The fourth-order valence-electron chi connectivity index (χ4n) is 1.97. The molecule has 0 bridgehead atoms. The molecular formula is C15H20N4O2S. The van der Waals surface area contributed by atoms with Gasteiger partial charge in [0.05, 0.1) is 4.90 Å². The van der Waals surface area contributed by atoms with Crippen LogP contribution in [0.3, 0.4) is 0 Å². The Kier molecular flexibility index (Phi) is 5.32. The van der Waals surface area contributed by atoms with E-state index in [-0.39, 0.29) is 10.8 Å². The second kappa shape index (κ2) is 7.22. The van der Waals surface area contributed by atoms with Gasteiger partial charge in [-0.25, -0.2) is 23.1 Å². The van der Waals surface area contributed by atoms with Gasteiger partial charge in [-0.15, -0.1) is 0 Å². The third-order valence-electron chi connectivity index (χ3n) is 3.17. The molecular weight excluding hydrogens is 300 g/mol. The second-order valence-electron chi connectivity index (χ2n) is 5.00. The molecule has 22 heavy (non-hydrogen) atoms. The van der Waals surface area contributed by atoms with Crippen molar-refractivity contribution in [2.24, 2.45) is 0 Å². The lowest BCUT2D eigenvalue weighted by molar-refractivity contribution is 0.600. The van der Waals surface area contributed by atoms with E-state index in [9.17, 15) is 8.42 Å². The van der Waals surface area contributed by atoms with Crippen molar-refractivity contribution in [2.45, 2.75) is 37.5 Å². The van der Waals surface area contributed by atoms with Crippen LogP contribution in [0.2, 0.25) is 0 Å². The van der Waals surface area contributed by atoms with Crippen LogP contribution < -0.4 is 10.5 Å². The number of hydrogen-bond donors (Lipinski definition) is 2. The number of nitrogens with one attached hydrogen (secondary N) is 1. The fourth-order valence-corrected chi connectivity index (χ4v) is 2.92. The van der Waals surface area contributed by atoms with Crippen LogP contribution in [-0.4, -0.2) is 18.4 Å². The van der Waals surface area contributed by atoms with Gasteiger partial charge in [-0.3, -0.25) is 0 Å². The number of nitrogens with zero attached hydrogens (tertiary/aromatic N) is 2. The van der Waals surface area contributed by atoms with Crippen molar-refractivity contribution in [2.75, 3.05) is 10.5 Å². The second-order valence-corrected chi connectivity index (χ2v) is 6.69. The van der Waals surface area contributed by atoms with Gasteiger partial charge in [0.15, 0.2) is 0 Å². The Balaban J connectivity index is 2.12. The lowest BCUT2D eigenvalue weighted by atomic mass is 10.1. The normalized spacial score (nSPS) is 11.3. The summed E-state index contributed by atoms with van der Waals surface area (Å²) in [4.78, 5) is 8.34. The molecule has 118 valence electrons. The molecule has 0 unspecified atom stereocenters. The van der Waals surface area contributed by atoms with Crippen LogP contribution in [0.4, 0.5) is 11.6 Å². The summed E-state index contributed by atoms with van der Waals surface area (Å²) in [6, 6.07) is 7.77. The molecule has 1 aromatic carbocycles. The number of rotatable bonds is 7. The first-order chi connectivity index (χ1) is 10.5. The maximum Gasteiger partial charge on any atom is 0.264 e. The standard InChI is InChI=1S/C15H20N4O2S/c1-2-3-4-5-13-10-11-17-15(18-13)19-22(20,21)14-8-6-12(16)7-9-14/h6-11H,2-5,16H2,1H3,(H,17,18,19). The number of unbranched alkanes of at least 4 members (excludes halogenated alkanes) is 2. The molecule has 0 saturated carbocycles. The molecule has 2 aromatic rings. The Bertz CT molecular complexity index is 715. The molecule has 0 fully saturated rings. The molecule has 3 N–H and O–H groups in total. The minimum atomic E-state index is -3.70. The van der Waals surface area contributed by atoms with E-state index in [1.807, 2.05) is 0 Å². The number of sulfonamides is 1. The van der Waals surface area contributed by atoms with E-state index in [0.29, 0.717) is 5.69 Å². The quantitative estimate of drug-likeness (QED) is 0.603. The molecule has 7 heteroatoms. The van der Waals surface area contributed by atoms with E-state index in [2.05, 4.69) is 21.6 Å². The smallest absolute Gasteiger partial charge is 0.264 e. The van der Waals surface area contributed by atoms with E-state index in [0.717, 1.165) is 31.4 Å². The van der Waals surface area contributed by atoms with E-state index < -0.39 is 10.0 Å². The lowest BCUT2D eigenvalue weighted by Gasteiger charge is -2.08. The molecule has 0 atom stereocenters. The van der Waals surface area contributed by atoms with Crippen LogP contribution in [-0.2, 0) is 16.4 Å². The van der Waals surface area contributed by atoms with Crippen LogP contribution >= 0.6 is 0 Å². The summed E-state index contributed by atoms with van der Waals surface area (Å²) in [6.45, 7) is 2.13. The van der Waals surface area contributed by atoms with Gasteiger partial charge in [-0.2, -0.15) is 0 Å². The Labute approximate surface area is 130 Å². The van der Waals surface area contributed by atoms with Crippen LogP contribution in [0, 0.1) is 0 Å². The van der Waals surface area contributed by atoms with E-state index in [1.54, 1.807) is 12.3 Å². The van der Waals surface area contributed by atoms with Gasteiger partial charge in [0, 0.05) is 17.6 Å². The minimum Gasteiger partial charge on any atom is -0.399 e. The predicted octanol–water partition coefficient (Wildman–Crippen LogP) is 2.59. The zero-order valence-electron chi connectivity index (χ0n) is 12.5. The number of nitrogens with two attached hydrogens (primary N) is 1. The monoisotopic (exact) mass is 320 g/mol. The lowest BCUT2D eigenvalue weighted by Crippen LogP contribution is -2.15. The summed E-state index contributed by atoms with van der Waals surface area (Å²) >= 11 is 0. The van der Waals surface area contributed by atoms with Gasteiger partial charge in [-0.1, -0.05) is 19.8 Å². The highest BCUT2D eigenvalue weighted by atomic mass is 32.2. The highest BCUT2D eigenvalue weighted by Crippen LogP contribution is 2.15. The first-order valence-corrected chi connectivity index (χ1v) is 8.70. The van der Waals surface area contributed by atoms with Crippen molar-refractivity contribution in [3.8, 4) is 0 Å². The third-order valence-corrected chi connectivity index (χ3v) is 4.51. The number of hydrogen-bond acceptors (Lipinski definition) is 5. The molecule has 1 aromatic heterocycles. The zero-order chi connectivity index (χ0) is 16.0. The average Bonchev–Trinajstić information content (AvgIpc) is 2.48. The van der Waals surface area contributed by atoms with Gasteiger partial charge < -0.3 is 5.73 Å². The largest absolute Gasteiger partial charge is 0.399 e. The summed E-state index contributed by atoms with van der Waals surface area (Å²) in [7, 11) is -3.70. The number of aryl methyl sites for hydroxylation is 1. The van der Waals surface area contributed by atoms with Crippen molar-refractivity contribution in [1.82, 2.24) is 9.97 Å². The average molecular weight is 320 g/mol. The number of anilines is 2. The van der Waals surface area contributed by atoms with E-state index >= 15 is 0 Å². The third kappa shape index (κ3) is 4.42. The minimum absolute atomic E-state index is 0.0887. The molecule has 6 nitrogen and oxygen atoms in total. The van der Waals surface area contributed by atoms with Crippen LogP contribution in [0.5, 0.6) is 0 Å². The Morgan fingerprint density at radius 3 is 2.55 bits per heavy atom. The first kappa shape index (κ1) is 16.2. The molecule has 0 aliphatic carbocycles. The van der Waals surface area contributed by atoms with Crippen molar-refractivity contribution >= 4 is 21.7 Å². The molecule has 0 saturated heterocycles. The summed E-state index contributed by atoms with van der Waals surface area (Å²) in [5.41, 5.74) is 6.90. The number of aromatic nitrogens is 2. The van der Waals surface area contributed by atoms with Crippen LogP contribution in [0.15, 0.2) is 41.4 Å². The zero-order valence-corrected chi connectivity index (χ0v) is 13.3. The topological polar surface area (TPSA) is 98.0 Å². The van der Waals surface area contributed by atoms with Crippen molar-refractivity contribution in [3.63, 3.8) is 0 Å². The van der Waals surface area contributed by atoms with Crippen molar-refractivity contribution < 1.29 is 8.42 Å². The first-order valence-electron chi connectivity index (χ1n) is 7.21. The summed E-state index contributed by atoms with van der Waals surface area (Å²) in [6.07, 6.45) is 5.65. The van der Waals surface area contributed by atoms with E-state index in [1.165, 1.54) is 24.3 Å². The van der Waals surface area contributed by atoms with Crippen LogP contribution in [0.1, 0.15) is 31.9 Å². The van der Waals surface area contributed by atoms with Crippen molar-refractivity contribution in [1.29, 1.82) is 0 Å². The highest BCUT2D eigenvalue weighted by Gasteiger charge is 2.15. The predicted molar refractivity (Wildman–Crippen MR) is 86.9 cm³/mol. The van der Waals surface area contributed by atoms with Gasteiger partial charge in [0.1, 0.15) is 0 Å². The van der Waals surface area contributed by atoms with E-state index in [4.69, 9.17) is 5.73 Å². The Morgan fingerprint density at radius 1 is 1.14 bits per heavy atom. The van der Waals surface area contributed by atoms with Crippen LogP contribution in [0.25, 0.3) is 0 Å². The molecule has 1 heterocycles. The number of benzene rings is 1. The van der Waals surface area contributed by atoms with Crippen molar-refractivity contribution in [3.05, 3.63) is 42.2 Å². The maximum atomic E-state index is 12.3. The summed E-state index contributed by atoms with van der Waals surface area (Å²) in [5, 5.41) is 0. The van der Waals surface area contributed by atoms with Gasteiger partial charge in [0.2, 0.25) is 5.95 Å². The summed E-state index contributed by atoms with van der Waals surface area (Å²) in [5.74, 6) is 0.0887. The highest BCUT2D eigenvalue weighted by molar-refractivity contribution is 7.92. The maximum absolute atomic E-state index is 12.3. The molecule has 0 aliphatic rings. The molecule has 0 spiro atoms. The molecule has 0 amide bonds. The molecule has 2 rings (SSSR count). The molecule has 0 aliphatic heterocycles. The van der Waals surface area contributed by atoms with Gasteiger partial charge in [0.25, 0.3) is 10.0 Å². The number of nitrogen functional groups attached to an aromatic ring is 1. The SMILES string of the molecule is CCCCCc1ccnc(NS(=O)(=O)c2ccc(N)cc2)n1. The Morgan fingerprint density at radius 2 is 1.86 bits per heavy atom. The Hall–Kier alpha value is -2.15. The fraction of sp³-hybridized carbons (Fsp3) is 0.333. The summed E-state index contributed by atoms with van der Waals surface area (Å²) < 4.78 is 26.9. The van der Waals surface area contributed by atoms with Gasteiger partial charge in [-0.05, 0) is 43.2 Å². The molecule has 0 radical (unpaired) electrons. The van der Waals surface area contributed by atoms with Gasteiger partial charge >= 0.3 is 0 Å².